The summed E-state index contributed by atoms with van der Waals surface area (Å²) >= 11 is 0. The van der Waals surface area contributed by atoms with E-state index in [4.69, 9.17) is 4.98 Å². The molecule has 1 aromatic heterocycles. The van der Waals surface area contributed by atoms with Crippen molar-refractivity contribution in [3.8, 4) is 11.4 Å². The summed E-state index contributed by atoms with van der Waals surface area (Å²) in [6.07, 6.45) is 0. The Hall–Kier alpha value is -4.58. The lowest BCUT2D eigenvalue weighted by atomic mass is 10.1. The fraction of sp³-hybridized carbons (Fsp3) is 0.133. The molecule has 0 radical (unpaired) electrons. The van der Waals surface area contributed by atoms with Crippen LogP contribution in [0.2, 0.25) is 0 Å². The number of carbonyl (C=O) groups is 1. The Labute approximate surface area is 211 Å². The third-order valence-corrected chi connectivity index (χ3v) is 6.23. The van der Waals surface area contributed by atoms with Gasteiger partial charge in [0.25, 0.3) is 5.91 Å². The van der Waals surface area contributed by atoms with Crippen LogP contribution >= 0.6 is 0 Å². The van der Waals surface area contributed by atoms with Gasteiger partial charge in [-0.25, -0.2) is 4.98 Å². The molecule has 1 amide bonds. The summed E-state index contributed by atoms with van der Waals surface area (Å²) in [5, 5.41) is 0. The maximum absolute atomic E-state index is 13.8. The van der Waals surface area contributed by atoms with Crippen molar-refractivity contribution in [1.29, 1.82) is 0 Å². The van der Waals surface area contributed by atoms with Crippen LogP contribution in [0.3, 0.4) is 0 Å². The van der Waals surface area contributed by atoms with Gasteiger partial charge in [-0.1, -0.05) is 18.2 Å². The number of nitrogens with zero attached hydrogens (tertiary/aromatic N) is 4. The zero-order valence-electron chi connectivity index (χ0n) is 20.9. The van der Waals surface area contributed by atoms with Crippen molar-refractivity contribution >= 4 is 39.7 Å². The Morgan fingerprint density at radius 1 is 0.667 bits per heavy atom. The molecule has 0 aliphatic heterocycles. The standard InChI is InChI=1S/C30H29N5O/c1-33(2)23-14-10-21(11-15-23)29-31-27-19-18-26(20-28(27)32-29)35(25-8-6-5-7-9-25)30(36)22-12-16-24(17-13-22)34(3)4/h5-20H,1-4H3,(H,31,32). The van der Waals surface area contributed by atoms with Crippen molar-refractivity contribution in [2.45, 2.75) is 0 Å². The topological polar surface area (TPSA) is 55.5 Å². The van der Waals surface area contributed by atoms with E-state index in [0.717, 1.165) is 45.2 Å². The summed E-state index contributed by atoms with van der Waals surface area (Å²) in [6.45, 7) is 0. The summed E-state index contributed by atoms with van der Waals surface area (Å²) < 4.78 is 0. The molecule has 4 aromatic carbocycles. The molecule has 0 spiro atoms. The highest BCUT2D eigenvalue weighted by Gasteiger charge is 2.21. The molecule has 0 atom stereocenters. The number of para-hydroxylation sites is 1. The third-order valence-electron chi connectivity index (χ3n) is 6.23. The first-order valence-electron chi connectivity index (χ1n) is 11.8. The molecule has 6 nitrogen and oxygen atoms in total. The molecule has 6 heteroatoms. The van der Waals surface area contributed by atoms with Crippen LogP contribution in [0, 0.1) is 0 Å². The maximum atomic E-state index is 13.8. The van der Waals surface area contributed by atoms with E-state index >= 15 is 0 Å². The van der Waals surface area contributed by atoms with E-state index in [2.05, 4.69) is 34.1 Å². The summed E-state index contributed by atoms with van der Waals surface area (Å²) in [6, 6.07) is 31.5. The van der Waals surface area contributed by atoms with E-state index in [-0.39, 0.29) is 5.91 Å². The maximum Gasteiger partial charge on any atom is 0.262 e. The summed E-state index contributed by atoms with van der Waals surface area (Å²) in [4.78, 5) is 27.8. The Bertz CT molecular complexity index is 1490. The number of anilines is 4. The second-order valence-electron chi connectivity index (χ2n) is 9.15. The first-order chi connectivity index (χ1) is 17.4. The minimum atomic E-state index is -0.0927. The largest absolute Gasteiger partial charge is 0.378 e. The Kier molecular flexibility index (Phi) is 6.17. The molecule has 0 aliphatic carbocycles. The van der Waals surface area contributed by atoms with Gasteiger partial charge in [0.05, 0.1) is 16.7 Å². The second kappa shape index (κ2) is 9.58. The number of imidazole rings is 1. The van der Waals surface area contributed by atoms with E-state index in [0.29, 0.717) is 5.56 Å². The molecule has 5 aromatic rings. The van der Waals surface area contributed by atoms with Crippen molar-refractivity contribution in [2.24, 2.45) is 0 Å². The number of aromatic amines is 1. The van der Waals surface area contributed by atoms with Crippen molar-refractivity contribution in [1.82, 2.24) is 9.97 Å². The highest BCUT2D eigenvalue weighted by atomic mass is 16.2. The van der Waals surface area contributed by atoms with Gasteiger partial charge in [0.2, 0.25) is 0 Å². The normalized spacial score (nSPS) is 10.9. The molecule has 0 unspecified atom stereocenters. The van der Waals surface area contributed by atoms with E-state index in [1.165, 1.54) is 0 Å². The van der Waals surface area contributed by atoms with Crippen LogP contribution < -0.4 is 14.7 Å². The molecule has 0 aliphatic rings. The average Bonchev–Trinajstić information content (AvgIpc) is 3.33. The molecule has 180 valence electrons. The second-order valence-corrected chi connectivity index (χ2v) is 9.15. The number of amides is 1. The molecule has 0 saturated heterocycles. The predicted molar refractivity (Wildman–Crippen MR) is 150 cm³/mol. The van der Waals surface area contributed by atoms with Gasteiger partial charge < -0.3 is 14.8 Å². The number of fused-ring (bicyclic) bond motifs is 1. The van der Waals surface area contributed by atoms with Gasteiger partial charge in [-0.3, -0.25) is 9.69 Å². The van der Waals surface area contributed by atoms with E-state index in [9.17, 15) is 4.79 Å². The van der Waals surface area contributed by atoms with Crippen molar-refractivity contribution in [2.75, 3.05) is 42.9 Å². The molecule has 36 heavy (non-hydrogen) atoms. The van der Waals surface area contributed by atoms with Gasteiger partial charge in [0, 0.05) is 56.4 Å². The third kappa shape index (κ3) is 4.53. The summed E-state index contributed by atoms with van der Waals surface area (Å²) in [5.41, 5.74) is 7.10. The SMILES string of the molecule is CN(C)c1ccc(C(=O)N(c2ccccc2)c2ccc3nc(-c4ccc(N(C)C)cc4)[nH]c3c2)cc1. The average molecular weight is 476 g/mol. The number of hydrogen-bond acceptors (Lipinski definition) is 4. The smallest absolute Gasteiger partial charge is 0.262 e. The monoisotopic (exact) mass is 475 g/mol. The first kappa shape index (κ1) is 23.2. The van der Waals surface area contributed by atoms with Crippen LogP contribution in [0.5, 0.6) is 0 Å². The molecule has 1 heterocycles. The lowest BCUT2D eigenvalue weighted by molar-refractivity contribution is 0.0999. The zero-order valence-corrected chi connectivity index (χ0v) is 20.9. The number of nitrogens with one attached hydrogen (secondary N) is 1. The highest BCUT2D eigenvalue weighted by molar-refractivity contribution is 6.11. The van der Waals surface area contributed by atoms with Crippen molar-refractivity contribution in [3.63, 3.8) is 0 Å². The molecule has 0 saturated carbocycles. The van der Waals surface area contributed by atoms with E-state index in [1.807, 2.05) is 106 Å². The predicted octanol–water partition coefficient (Wildman–Crippen LogP) is 6.34. The number of benzene rings is 4. The van der Waals surface area contributed by atoms with Crippen LogP contribution in [0.1, 0.15) is 10.4 Å². The Morgan fingerprint density at radius 3 is 1.86 bits per heavy atom. The van der Waals surface area contributed by atoms with Crippen molar-refractivity contribution in [3.05, 3.63) is 103 Å². The minimum absolute atomic E-state index is 0.0927. The zero-order chi connectivity index (χ0) is 25.2. The van der Waals surface area contributed by atoms with Gasteiger partial charge in [-0.15, -0.1) is 0 Å². The van der Waals surface area contributed by atoms with Crippen LogP contribution in [-0.2, 0) is 0 Å². The number of H-pyrrole nitrogens is 1. The molecular weight excluding hydrogens is 446 g/mol. The number of carbonyl (C=O) groups excluding carboxylic acids is 1. The number of hydrogen-bond donors (Lipinski definition) is 1. The lowest BCUT2D eigenvalue weighted by Gasteiger charge is -2.23. The quantitative estimate of drug-likeness (QED) is 0.311. The molecule has 0 bridgehead atoms. The molecule has 0 fully saturated rings. The fourth-order valence-corrected chi connectivity index (χ4v) is 4.18. The fourth-order valence-electron chi connectivity index (χ4n) is 4.18. The van der Waals surface area contributed by atoms with Crippen LogP contribution in [0.15, 0.2) is 97.1 Å². The van der Waals surface area contributed by atoms with Gasteiger partial charge in [0.1, 0.15) is 5.82 Å². The summed E-state index contributed by atoms with van der Waals surface area (Å²) in [7, 11) is 8.01. The molecule has 1 N–H and O–H groups in total. The Morgan fingerprint density at radius 2 is 1.25 bits per heavy atom. The first-order valence-corrected chi connectivity index (χ1v) is 11.8. The number of rotatable bonds is 6. The van der Waals surface area contributed by atoms with Gasteiger partial charge in [0.15, 0.2) is 0 Å². The van der Waals surface area contributed by atoms with E-state index < -0.39 is 0 Å². The van der Waals surface area contributed by atoms with Crippen LogP contribution in [-0.4, -0.2) is 44.1 Å². The van der Waals surface area contributed by atoms with Crippen LogP contribution in [0.4, 0.5) is 22.7 Å². The van der Waals surface area contributed by atoms with Gasteiger partial charge in [-0.2, -0.15) is 0 Å². The minimum Gasteiger partial charge on any atom is -0.378 e. The molecule has 5 rings (SSSR count). The van der Waals surface area contributed by atoms with Crippen LogP contribution in [0.25, 0.3) is 22.4 Å². The van der Waals surface area contributed by atoms with E-state index in [1.54, 1.807) is 4.90 Å². The van der Waals surface area contributed by atoms with Crippen molar-refractivity contribution < 1.29 is 4.79 Å². The summed E-state index contributed by atoms with van der Waals surface area (Å²) in [5.74, 6) is 0.703. The molecular formula is C30H29N5O. The Balaban J connectivity index is 1.53. The number of aromatic nitrogens is 2. The lowest BCUT2D eigenvalue weighted by Crippen LogP contribution is -2.26. The van der Waals surface area contributed by atoms with Gasteiger partial charge in [-0.05, 0) is 78.9 Å². The highest BCUT2D eigenvalue weighted by Crippen LogP contribution is 2.31. The van der Waals surface area contributed by atoms with Gasteiger partial charge >= 0.3 is 0 Å².